The highest BCUT2D eigenvalue weighted by Crippen LogP contribution is 2.41. The predicted molar refractivity (Wildman–Crippen MR) is 69.3 cm³/mol. The molecule has 0 aliphatic heterocycles. The number of carbonyl (C=O) groups is 1. The Bertz CT molecular complexity index is 557. The molecule has 1 unspecified atom stereocenters. The highest BCUT2D eigenvalue weighted by atomic mass is 16.5. The van der Waals surface area contributed by atoms with Crippen molar-refractivity contribution in [2.45, 2.75) is 24.7 Å². The summed E-state index contributed by atoms with van der Waals surface area (Å²) in [6, 6.07) is 11.7. The molecule has 0 bridgehead atoms. The van der Waals surface area contributed by atoms with Gasteiger partial charge in [-0.05, 0) is 12.0 Å². The van der Waals surface area contributed by atoms with Crippen LogP contribution in [0, 0.1) is 11.3 Å². The Balaban J connectivity index is 2.42. The second-order valence-corrected chi connectivity index (χ2v) is 4.65. The standard InChI is InChI=1S/C15H15NO3/c1-19-14(18)12-9-15(10-16,8-7-13(12)17)11-5-3-2-4-6-11/h2-6,17H,7-9H2,1H3. The lowest BCUT2D eigenvalue weighted by molar-refractivity contribution is -0.136. The predicted octanol–water partition coefficient (Wildman–Crippen LogP) is 2.62. The number of nitriles is 1. The maximum atomic E-state index is 11.7. The highest BCUT2D eigenvalue weighted by molar-refractivity contribution is 5.89. The van der Waals surface area contributed by atoms with Crippen molar-refractivity contribution in [2.24, 2.45) is 0 Å². The topological polar surface area (TPSA) is 70.3 Å². The summed E-state index contributed by atoms with van der Waals surface area (Å²) >= 11 is 0. The Morgan fingerprint density at radius 3 is 2.68 bits per heavy atom. The summed E-state index contributed by atoms with van der Waals surface area (Å²) in [5.74, 6) is -0.526. The number of ether oxygens (including phenoxy) is 1. The molecule has 1 atom stereocenters. The summed E-state index contributed by atoms with van der Waals surface area (Å²) in [4.78, 5) is 11.7. The monoisotopic (exact) mass is 257 g/mol. The summed E-state index contributed by atoms with van der Waals surface area (Å²) in [6.45, 7) is 0. The lowest BCUT2D eigenvalue weighted by Gasteiger charge is -2.31. The zero-order valence-electron chi connectivity index (χ0n) is 10.7. The van der Waals surface area contributed by atoms with Gasteiger partial charge in [0.05, 0.1) is 24.2 Å². The number of allylic oxidation sites excluding steroid dienone is 1. The van der Waals surface area contributed by atoms with Crippen LogP contribution in [0.3, 0.4) is 0 Å². The van der Waals surface area contributed by atoms with Gasteiger partial charge in [0.2, 0.25) is 0 Å². The minimum atomic E-state index is -0.767. The van der Waals surface area contributed by atoms with Crippen LogP contribution in [0.15, 0.2) is 41.7 Å². The zero-order chi connectivity index (χ0) is 13.9. The Morgan fingerprint density at radius 2 is 2.11 bits per heavy atom. The molecule has 2 rings (SSSR count). The second-order valence-electron chi connectivity index (χ2n) is 4.65. The molecule has 1 N–H and O–H groups in total. The molecule has 0 heterocycles. The summed E-state index contributed by atoms with van der Waals surface area (Å²) < 4.78 is 4.67. The third kappa shape index (κ3) is 2.32. The van der Waals surface area contributed by atoms with E-state index in [2.05, 4.69) is 10.8 Å². The van der Waals surface area contributed by atoms with Crippen LogP contribution < -0.4 is 0 Å². The first kappa shape index (κ1) is 13.2. The van der Waals surface area contributed by atoms with Crippen molar-refractivity contribution >= 4 is 5.97 Å². The molecule has 0 amide bonds. The highest BCUT2D eigenvalue weighted by Gasteiger charge is 2.40. The van der Waals surface area contributed by atoms with Crippen LogP contribution in [-0.4, -0.2) is 18.2 Å². The molecule has 0 saturated carbocycles. The number of methoxy groups -OCH3 is 1. The fraction of sp³-hybridized carbons (Fsp3) is 0.333. The Kier molecular flexibility index (Phi) is 3.57. The summed E-state index contributed by atoms with van der Waals surface area (Å²) in [6.07, 6.45) is 0.999. The second kappa shape index (κ2) is 5.15. The van der Waals surface area contributed by atoms with E-state index in [-0.39, 0.29) is 17.8 Å². The van der Waals surface area contributed by atoms with Gasteiger partial charge in [-0.2, -0.15) is 5.26 Å². The van der Waals surface area contributed by atoms with Gasteiger partial charge in [-0.1, -0.05) is 30.3 Å². The van der Waals surface area contributed by atoms with Crippen molar-refractivity contribution in [2.75, 3.05) is 7.11 Å². The molecule has 19 heavy (non-hydrogen) atoms. The molecule has 0 spiro atoms. The number of carbonyl (C=O) groups excluding carboxylic acids is 1. The molecule has 1 aliphatic carbocycles. The van der Waals surface area contributed by atoms with Gasteiger partial charge in [0.25, 0.3) is 0 Å². The molecule has 0 fully saturated rings. The van der Waals surface area contributed by atoms with E-state index >= 15 is 0 Å². The quantitative estimate of drug-likeness (QED) is 0.827. The number of nitrogens with zero attached hydrogens (tertiary/aromatic N) is 1. The fourth-order valence-corrected chi connectivity index (χ4v) is 2.45. The number of aliphatic hydroxyl groups is 1. The van der Waals surface area contributed by atoms with Crippen molar-refractivity contribution in [3.8, 4) is 6.07 Å². The van der Waals surface area contributed by atoms with Crippen molar-refractivity contribution in [1.82, 2.24) is 0 Å². The summed E-state index contributed by atoms with van der Waals surface area (Å²) in [5, 5.41) is 19.4. The Labute approximate surface area is 111 Å². The summed E-state index contributed by atoms with van der Waals surface area (Å²) in [7, 11) is 1.27. The molecule has 1 aromatic rings. The van der Waals surface area contributed by atoms with Gasteiger partial charge in [0.15, 0.2) is 0 Å². The molecule has 4 nitrogen and oxygen atoms in total. The molecule has 4 heteroatoms. The van der Waals surface area contributed by atoms with Crippen molar-refractivity contribution in [3.05, 3.63) is 47.2 Å². The van der Waals surface area contributed by atoms with Crippen molar-refractivity contribution in [1.29, 1.82) is 5.26 Å². The number of hydrogen-bond donors (Lipinski definition) is 1. The first-order chi connectivity index (χ1) is 9.13. The van der Waals surface area contributed by atoms with Gasteiger partial charge >= 0.3 is 5.97 Å². The zero-order valence-corrected chi connectivity index (χ0v) is 10.7. The van der Waals surface area contributed by atoms with Crippen LogP contribution in [0.2, 0.25) is 0 Å². The van der Waals surface area contributed by atoms with Gasteiger partial charge in [-0.15, -0.1) is 0 Å². The van der Waals surface area contributed by atoms with Gasteiger partial charge in [0.1, 0.15) is 5.76 Å². The van der Waals surface area contributed by atoms with Crippen LogP contribution >= 0.6 is 0 Å². The van der Waals surface area contributed by atoms with E-state index in [1.165, 1.54) is 7.11 Å². The van der Waals surface area contributed by atoms with Gasteiger partial charge < -0.3 is 9.84 Å². The van der Waals surface area contributed by atoms with E-state index in [9.17, 15) is 15.2 Å². The van der Waals surface area contributed by atoms with E-state index < -0.39 is 11.4 Å². The van der Waals surface area contributed by atoms with Crippen LogP contribution in [0.1, 0.15) is 24.8 Å². The van der Waals surface area contributed by atoms with E-state index in [1.807, 2.05) is 30.3 Å². The number of rotatable bonds is 2. The lowest BCUT2D eigenvalue weighted by atomic mass is 9.70. The van der Waals surface area contributed by atoms with Gasteiger partial charge in [0, 0.05) is 12.8 Å². The molecule has 0 radical (unpaired) electrons. The molecular weight excluding hydrogens is 242 g/mol. The molecule has 0 aromatic heterocycles. The molecule has 0 saturated heterocycles. The third-order valence-corrected chi connectivity index (χ3v) is 3.59. The van der Waals surface area contributed by atoms with Crippen LogP contribution in [-0.2, 0) is 14.9 Å². The van der Waals surface area contributed by atoms with E-state index in [1.54, 1.807) is 0 Å². The van der Waals surface area contributed by atoms with Gasteiger partial charge in [-0.3, -0.25) is 0 Å². The van der Waals surface area contributed by atoms with Crippen molar-refractivity contribution < 1.29 is 14.6 Å². The van der Waals surface area contributed by atoms with Crippen LogP contribution in [0.25, 0.3) is 0 Å². The van der Waals surface area contributed by atoms with Crippen LogP contribution in [0.4, 0.5) is 0 Å². The van der Waals surface area contributed by atoms with E-state index in [0.29, 0.717) is 12.8 Å². The van der Waals surface area contributed by atoms with Crippen LogP contribution in [0.5, 0.6) is 0 Å². The molecular formula is C15H15NO3. The minimum absolute atomic E-state index is 0.0358. The average Bonchev–Trinajstić information content (AvgIpc) is 2.48. The van der Waals surface area contributed by atoms with Gasteiger partial charge in [-0.25, -0.2) is 4.79 Å². The minimum Gasteiger partial charge on any atom is -0.512 e. The SMILES string of the molecule is COC(=O)C1=C(O)CCC(C#N)(c2ccccc2)C1. The lowest BCUT2D eigenvalue weighted by Crippen LogP contribution is -2.31. The summed E-state index contributed by atoms with van der Waals surface area (Å²) in [5.41, 5.74) is 0.308. The van der Waals surface area contributed by atoms with E-state index in [0.717, 1.165) is 5.56 Å². The first-order valence-corrected chi connectivity index (χ1v) is 6.09. The van der Waals surface area contributed by atoms with E-state index in [4.69, 9.17) is 0 Å². The molecule has 1 aliphatic rings. The van der Waals surface area contributed by atoms with Crippen molar-refractivity contribution in [3.63, 3.8) is 0 Å². The average molecular weight is 257 g/mol. The Morgan fingerprint density at radius 1 is 1.42 bits per heavy atom. The molecule has 98 valence electrons. The maximum absolute atomic E-state index is 11.7. The normalized spacial score (nSPS) is 22.7. The number of aliphatic hydroxyl groups excluding tert-OH is 1. The Hall–Kier alpha value is -2.28. The fourth-order valence-electron chi connectivity index (χ4n) is 2.45. The number of esters is 1. The first-order valence-electron chi connectivity index (χ1n) is 6.09. The maximum Gasteiger partial charge on any atom is 0.337 e. The number of benzene rings is 1. The smallest absolute Gasteiger partial charge is 0.337 e. The molecule has 1 aromatic carbocycles. The third-order valence-electron chi connectivity index (χ3n) is 3.59. The number of hydrogen-bond acceptors (Lipinski definition) is 4. The largest absolute Gasteiger partial charge is 0.512 e.